The fourth-order valence-corrected chi connectivity index (χ4v) is 3.77. The summed E-state index contributed by atoms with van der Waals surface area (Å²) < 4.78 is 5.71. The van der Waals surface area contributed by atoms with Crippen molar-refractivity contribution in [1.82, 2.24) is 0 Å². The first kappa shape index (κ1) is 24.8. The van der Waals surface area contributed by atoms with Crippen LogP contribution < -0.4 is 10.1 Å². The predicted molar refractivity (Wildman–Crippen MR) is 132 cm³/mol. The van der Waals surface area contributed by atoms with Crippen LogP contribution in [0.25, 0.3) is 6.08 Å². The van der Waals surface area contributed by atoms with Gasteiger partial charge in [-0.2, -0.15) is 5.26 Å². The van der Waals surface area contributed by atoms with E-state index in [-0.39, 0.29) is 33.5 Å². The number of aryl methyl sites for hydroxylation is 2. The van der Waals surface area contributed by atoms with Gasteiger partial charge in [0.1, 0.15) is 18.2 Å². The van der Waals surface area contributed by atoms with Crippen molar-refractivity contribution in [3.8, 4) is 11.8 Å². The molecule has 0 aliphatic carbocycles. The van der Waals surface area contributed by atoms with Crippen molar-refractivity contribution in [3.05, 3.63) is 98.0 Å². The lowest BCUT2D eigenvalue weighted by Crippen LogP contribution is -2.14. The number of hydrogen-bond donors (Lipinski definition) is 2. The van der Waals surface area contributed by atoms with Gasteiger partial charge in [-0.25, -0.2) is 4.79 Å². The fourth-order valence-electron chi connectivity index (χ4n) is 3.16. The number of nitriles is 1. The van der Waals surface area contributed by atoms with Crippen LogP contribution in [0, 0.1) is 25.2 Å². The van der Waals surface area contributed by atoms with Crippen LogP contribution >= 0.6 is 23.2 Å². The SMILES string of the molecule is Cc1ccc(NC(=O)/C(C#N)=C/c2cc(Cl)c(OCc3ccc(C(=O)O)cc3)c(Cl)c2)c(C)c1. The van der Waals surface area contributed by atoms with Crippen molar-refractivity contribution in [1.29, 1.82) is 5.26 Å². The molecule has 3 aromatic carbocycles. The lowest BCUT2D eigenvalue weighted by Gasteiger charge is -2.12. The van der Waals surface area contributed by atoms with E-state index in [2.05, 4.69) is 5.32 Å². The normalized spacial score (nSPS) is 11.0. The van der Waals surface area contributed by atoms with Gasteiger partial charge in [0, 0.05) is 5.69 Å². The third-order valence-electron chi connectivity index (χ3n) is 4.91. The van der Waals surface area contributed by atoms with E-state index in [1.807, 2.05) is 32.0 Å². The summed E-state index contributed by atoms with van der Waals surface area (Å²) in [4.78, 5) is 23.6. The maximum Gasteiger partial charge on any atom is 0.335 e. The van der Waals surface area contributed by atoms with Gasteiger partial charge in [-0.05, 0) is 66.9 Å². The van der Waals surface area contributed by atoms with E-state index >= 15 is 0 Å². The maximum atomic E-state index is 12.6. The Kier molecular flexibility index (Phi) is 7.95. The number of carbonyl (C=O) groups excluding carboxylic acids is 1. The summed E-state index contributed by atoms with van der Waals surface area (Å²) in [6, 6.07) is 16.8. The first-order chi connectivity index (χ1) is 16.2. The largest absolute Gasteiger partial charge is 0.486 e. The second kappa shape index (κ2) is 10.9. The van der Waals surface area contributed by atoms with E-state index in [9.17, 15) is 14.9 Å². The molecule has 6 nitrogen and oxygen atoms in total. The molecule has 0 aliphatic heterocycles. The van der Waals surface area contributed by atoms with Gasteiger partial charge in [-0.15, -0.1) is 0 Å². The van der Waals surface area contributed by atoms with Crippen molar-refractivity contribution in [2.75, 3.05) is 5.32 Å². The minimum absolute atomic E-state index is 0.112. The van der Waals surface area contributed by atoms with Crippen molar-refractivity contribution in [2.45, 2.75) is 20.5 Å². The second-order valence-electron chi connectivity index (χ2n) is 7.55. The molecule has 0 unspecified atom stereocenters. The minimum Gasteiger partial charge on any atom is -0.486 e. The number of carbonyl (C=O) groups is 2. The van der Waals surface area contributed by atoms with Crippen LogP contribution in [0.4, 0.5) is 5.69 Å². The smallest absolute Gasteiger partial charge is 0.335 e. The number of rotatable bonds is 7. The number of nitrogens with zero attached hydrogens (tertiary/aromatic N) is 1. The minimum atomic E-state index is -1.01. The molecule has 0 aromatic heterocycles. The number of nitrogens with one attached hydrogen (secondary N) is 1. The van der Waals surface area contributed by atoms with Gasteiger partial charge in [0.05, 0.1) is 15.6 Å². The molecule has 0 radical (unpaired) electrons. The molecule has 0 saturated heterocycles. The molecular formula is C26H20Cl2N2O4. The first-order valence-corrected chi connectivity index (χ1v) is 10.9. The van der Waals surface area contributed by atoms with E-state index < -0.39 is 11.9 Å². The number of amides is 1. The standard InChI is InChI=1S/C26H20Cl2N2O4/c1-15-3-8-23(16(2)9-15)30-25(31)20(13-29)10-18-11-21(27)24(22(28)12-18)34-14-17-4-6-19(7-5-17)26(32)33/h3-12H,14H2,1-2H3,(H,30,31)(H,32,33)/b20-10+. The number of aromatic carboxylic acids is 1. The van der Waals surface area contributed by atoms with Crippen molar-refractivity contribution < 1.29 is 19.4 Å². The molecule has 8 heteroatoms. The summed E-state index contributed by atoms with van der Waals surface area (Å²) >= 11 is 12.7. The molecule has 2 N–H and O–H groups in total. The Morgan fingerprint density at radius 3 is 2.26 bits per heavy atom. The zero-order chi connectivity index (χ0) is 24.8. The first-order valence-electron chi connectivity index (χ1n) is 10.1. The Balaban J connectivity index is 1.76. The van der Waals surface area contributed by atoms with Gasteiger partial charge in [0.15, 0.2) is 5.75 Å². The van der Waals surface area contributed by atoms with E-state index in [0.717, 1.165) is 16.7 Å². The Morgan fingerprint density at radius 2 is 1.71 bits per heavy atom. The zero-order valence-electron chi connectivity index (χ0n) is 18.4. The average molecular weight is 495 g/mol. The summed E-state index contributed by atoms with van der Waals surface area (Å²) in [7, 11) is 0. The molecule has 3 aromatic rings. The zero-order valence-corrected chi connectivity index (χ0v) is 19.9. The molecule has 0 aliphatic rings. The van der Waals surface area contributed by atoms with Crippen molar-refractivity contribution >= 4 is 46.8 Å². The number of carboxylic acid groups (broad SMARTS) is 1. The lowest BCUT2D eigenvalue weighted by atomic mass is 10.1. The summed E-state index contributed by atoms with van der Waals surface area (Å²) in [6.45, 7) is 3.95. The van der Waals surface area contributed by atoms with E-state index in [4.69, 9.17) is 33.0 Å². The van der Waals surface area contributed by atoms with Crippen LogP contribution in [-0.4, -0.2) is 17.0 Å². The predicted octanol–water partition coefficient (Wildman–Crippen LogP) is 6.43. The maximum absolute atomic E-state index is 12.6. The van der Waals surface area contributed by atoms with E-state index in [1.54, 1.807) is 18.2 Å². The van der Waals surface area contributed by atoms with Crippen LogP contribution in [-0.2, 0) is 11.4 Å². The second-order valence-corrected chi connectivity index (χ2v) is 8.36. The number of ether oxygens (including phenoxy) is 1. The van der Waals surface area contributed by atoms with Crippen LogP contribution in [0.3, 0.4) is 0 Å². The Bertz CT molecular complexity index is 1300. The average Bonchev–Trinajstić information content (AvgIpc) is 2.79. The topological polar surface area (TPSA) is 99.4 Å². The molecule has 0 spiro atoms. The van der Waals surface area contributed by atoms with Crippen LogP contribution in [0.15, 0.2) is 60.2 Å². The van der Waals surface area contributed by atoms with Crippen molar-refractivity contribution in [2.24, 2.45) is 0 Å². The molecule has 3 rings (SSSR count). The highest BCUT2D eigenvalue weighted by molar-refractivity contribution is 6.37. The highest BCUT2D eigenvalue weighted by Crippen LogP contribution is 2.35. The molecule has 34 heavy (non-hydrogen) atoms. The van der Waals surface area contributed by atoms with E-state index in [1.165, 1.54) is 30.3 Å². The monoisotopic (exact) mass is 494 g/mol. The summed E-state index contributed by atoms with van der Waals surface area (Å²) in [5.74, 6) is -1.32. The number of carboxylic acids is 1. The third kappa shape index (κ3) is 6.16. The van der Waals surface area contributed by atoms with E-state index in [0.29, 0.717) is 11.3 Å². The van der Waals surface area contributed by atoms with Crippen LogP contribution in [0.1, 0.15) is 32.6 Å². The lowest BCUT2D eigenvalue weighted by molar-refractivity contribution is -0.112. The molecule has 172 valence electrons. The van der Waals surface area contributed by atoms with Gasteiger partial charge < -0.3 is 15.2 Å². The molecule has 0 saturated carbocycles. The van der Waals surface area contributed by atoms with Gasteiger partial charge in [-0.3, -0.25) is 4.79 Å². The van der Waals surface area contributed by atoms with Gasteiger partial charge in [0.2, 0.25) is 0 Å². The molecule has 1 amide bonds. The highest BCUT2D eigenvalue weighted by Gasteiger charge is 2.14. The quantitative estimate of drug-likeness (QED) is 0.291. The third-order valence-corrected chi connectivity index (χ3v) is 5.47. The van der Waals surface area contributed by atoms with Crippen LogP contribution in [0.5, 0.6) is 5.75 Å². The molecular weight excluding hydrogens is 475 g/mol. The Hall–Kier alpha value is -3.79. The number of anilines is 1. The molecule has 0 heterocycles. The van der Waals surface area contributed by atoms with Crippen molar-refractivity contribution in [3.63, 3.8) is 0 Å². The molecule has 0 bridgehead atoms. The highest BCUT2D eigenvalue weighted by atomic mass is 35.5. The van der Waals surface area contributed by atoms with Gasteiger partial charge in [-0.1, -0.05) is 53.0 Å². The Morgan fingerprint density at radius 1 is 1.06 bits per heavy atom. The molecule has 0 fully saturated rings. The van der Waals surface area contributed by atoms with Gasteiger partial charge >= 0.3 is 5.97 Å². The summed E-state index contributed by atoms with van der Waals surface area (Å²) in [5, 5.41) is 21.6. The van der Waals surface area contributed by atoms with Crippen LogP contribution in [0.2, 0.25) is 10.0 Å². The van der Waals surface area contributed by atoms with Gasteiger partial charge in [0.25, 0.3) is 5.91 Å². The fraction of sp³-hybridized carbons (Fsp3) is 0.115. The number of hydrogen-bond acceptors (Lipinski definition) is 4. The molecule has 0 atom stereocenters. The number of benzene rings is 3. The summed E-state index contributed by atoms with van der Waals surface area (Å²) in [6.07, 6.45) is 1.39. The number of halogens is 2. The summed E-state index contributed by atoms with van der Waals surface area (Å²) in [5.41, 5.74) is 3.82. The Labute approximate surface area is 207 Å².